The Hall–Kier alpha value is -2.24. The number of carbonyl (C=O) groups is 2. The number of anilines is 1. The number of nitrogens with one attached hydrogen (secondary N) is 2. The Balaban J connectivity index is 2.78. The molecule has 1 rings (SSSR count). The molecule has 0 spiro atoms. The number of methoxy groups -OCH3 is 1. The number of hydrogen-bond donors (Lipinski definition) is 3. The van der Waals surface area contributed by atoms with E-state index in [4.69, 9.17) is 9.84 Å². The Bertz CT molecular complexity index is 484. The predicted molar refractivity (Wildman–Crippen MR) is 76.5 cm³/mol. The molecule has 0 radical (unpaired) electrons. The van der Waals surface area contributed by atoms with Gasteiger partial charge in [-0.05, 0) is 25.0 Å². The van der Waals surface area contributed by atoms with Gasteiger partial charge in [0.05, 0.1) is 7.11 Å². The average molecular weight is 280 g/mol. The number of urea groups is 1. The largest absolute Gasteiger partial charge is 0.496 e. The molecule has 0 aromatic heterocycles. The molecule has 0 fully saturated rings. The van der Waals surface area contributed by atoms with Gasteiger partial charge in [-0.1, -0.05) is 13.8 Å². The van der Waals surface area contributed by atoms with Gasteiger partial charge in [-0.3, -0.25) is 0 Å². The summed E-state index contributed by atoms with van der Waals surface area (Å²) in [5.74, 6) is -0.868. The highest BCUT2D eigenvalue weighted by Crippen LogP contribution is 2.23. The van der Waals surface area contributed by atoms with Crippen LogP contribution in [0.15, 0.2) is 18.2 Å². The van der Waals surface area contributed by atoms with E-state index in [1.165, 1.54) is 25.3 Å². The first-order valence-electron chi connectivity index (χ1n) is 6.50. The number of hydrogen-bond acceptors (Lipinski definition) is 3. The number of carboxylic acids is 1. The van der Waals surface area contributed by atoms with Crippen molar-refractivity contribution in [3.8, 4) is 5.75 Å². The smallest absolute Gasteiger partial charge is 0.339 e. The van der Waals surface area contributed by atoms with E-state index in [1.807, 2.05) is 13.8 Å². The molecule has 1 aromatic carbocycles. The molecular formula is C14H20N2O4. The van der Waals surface area contributed by atoms with Crippen LogP contribution in [0.1, 0.15) is 37.0 Å². The second-order valence-corrected chi connectivity index (χ2v) is 4.33. The Morgan fingerprint density at radius 3 is 2.45 bits per heavy atom. The third-order valence-corrected chi connectivity index (χ3v) is 3.01. The molecule has 20 heavy (non-hydrogen) atoms. The second kappa shape index (κ2) is 7.37. The van der Waals surface area contributed by atoms with Crippen molar-refractivity contribution in [1.29, 1.82) is 0 Å². The lowest BCUT2D eigenvalue weighted by Crippen LogP contribution is -2.37. The molecule has 0 bridgehead atoms. The van der Waals surface area contributed by atoms with Crippen LogP contribution in [0.3, 0.4) is 0 Å². The van der Waals surface area contributed by atoms with Crippen LogP contribution in [0.25, 0.3) is 0 Å². The molecule has 0 aliphatic heterocycles. The highest BCUT2D eigenvalue weighted by Gasteiger charge is 2.13. The van der Waals surface area contributed by atoms with E-state index in [0.717, 1.165) is 12.8 Å². The van der Waals surface area contributed by atoms with E-state index >= 15 is 0 Å². The van der Waals surface area contributed by atoms with E-state index in [0.29, 0.717) is 5.69 Å². The lowest BCUT2D eigenvalue weighted by Gasteiger charge is -2.16. The van der Waals surface area contributed by atoms with E-state index < -0.39 is 5.97 Å². The molecule has 0 atom stereocenters. The maximum Gasteiger partial charge on any atom is 0.339 e. The summed E-state index contributed by atoms with van der Waals surface area (Å²) < 4.78 is 5.00. The standard InChI is InChI=1S/C14H20N2O4/c1-4-9(5-2)15-14(19)16-10-6-7-11(13(17)18)12(8-10)20-3/h6-9H,4-5H2,1-3H3,(H,17,18)(H2,15,16,19). The minimum atomic E-state index is -1.07. The number of carboxylic acid groups (broad SMARTS) is 1. The molecule has 2 amide bonds. The summed E-state index contributed by atoms with van der Waals surface area (Å²) in [6.45, 7) is 4.00. The molecule has 0 heterocycles. The predicted octanol–water partition coefficient (Wildman–Crippen LogP) is 2.70. The van der Waals surface area contributed by atoms with Gasteiger partial charge in [-0.25, -0.2) is 9.59 Å². The van der Waals surface area contributed by atoms with Crippen LogP contribution < -0.4 is 15.4 Å². The maximum atomic E-state index is 11.8. The van der Waals surface area contributed by atoms with Gasteiger partial charge in [0.25, 0.3) is 0 Å². The third-order valence-electron chi connectivity index (χ3n) is 3.01. The number of benzene rings is 1. The second-order valence-electron chi connectivity index (χ2n) is 4.33. The summed E-state index contributed by atoms with van der Waals surface area (Å²) >= 11 is 0. The van der Waals surface area contributed by atoms with Crippen LogP contribution in [0.2, 0.25) is 0 Å². The molecule has 0 unspecified atom stereocenters. The minimum absolute atomic E-state index is 0.0541. The van der Waals surface area contributed by atoms with Gasteiger partial charge in [0.15, 0.2) is 0 Å². The fourth-order valence-corrected chi connectivity index (χ4v) is 1.79. The van der Waals surface area contributed by atoms with Crippen molar-refractivity contribution >= 4 is 17.7 Å². The molecule has 6 nitrogen and oxygen atoms in total. The van der Waals surface area contributed by atoms with Crippen LogP contribution in [0, 0.1) is 0 Å². The first-order valence-corrected chi connectivity index (χ1v) is 6.50. The van der Waals surface area contributed by atoms with Crippen LogP contribution >= 0.6 is 0 Å². The van der Waals surface area contributed by atoms with Crippen LogP contribution in [0.4, 0.5) is 10.5 Å². The Morgan fingerprint density at radius 2 is 1.95 bits per heavy atom. The summed E-state index contributed by atoms with van der Waals surface area (Å²) in [6.07, 6.45) is 1.70. The van der Waals surface area contributed by atoms with Gasteiger partial charge in [0.2, 0.25) is 0 Å². The van der Waals surface area contributed by atoms with Gasteiger partial charge in [0, 0.05) is 17.8 Å². The van der Waals surface area contributed by atoms with Crippen molar-refractivity contribution < 1.29 is 19.4 Å². The summed E-state index contributed by atoms with van der Waals surface area (Å²) in [7, 11) is 1.38. The number of rotatable bonds is 6. The van der Waals surface area contributed by atoms with E-state index in [9.17, 15) is 9.59 Å². The number of amides is 2. The zero-order chi connectivity index (χ0) is 15.1. The monoisotopic (exact) mass is 280 g/mol. The maximum absolute atomic E-state index is 11.8. The van der Waals surface area contributed by atoms with Gasteiger partial charge in [-0.15, -0.1) is 0 Å². The van der Waals surface area contributed by atoms with Gasteiger partial charge in [-0.2, -0.15) is 0 Å². The average Bonchev–Trinajstić information content (AvgIpc) is 2.44. The fourth-order valence-electron chi connectivity index (χ4n) is 1.79. The van der Waals surface area contributed by atoms with Crippen molar-refractivity contribution in [3.63, 3.8) is 0 Å². The van der Waals surface area contributed by atoms with E-state index in [-0.39, 0.29) is 23.4 Å². The molecule has 3 N–H and O–H groups in total. The first-order chi connectivity index (χ1) is 9.51. The quantitative estimate of drug-likeness (QED) is 0.747. The number of carbonyl (C=O) groups excluding carboxylic acids is 1. The highest BCUT2D eigenvalue weighted by molar-refractivity contribution is 5.94. The minimum Gasteiger partial charge on any atom is -0.496 e. The molecule has 1 aromatic rings. The lowest BCUT2D eigenvalue weighted by molar-refractivity contribution is 0.0693. The Kier molecular flexibility index (Phi) is 5.83. The van der Waals surface area contributed by atoms with Gasteiger partial charge in [0.1, 0.15) is 11.3 Å². The highest BCUT2D eigenvalue weighted by atomic mass is 16.5. The van der Waals surface area contributed by atoms with Crippen LogP contribution in [0.5, 0.6) is 5.75 Å². The SMILES string of the molecule is CCC(CC)NC(=O)Nc1ccc(C(=O)O)c(OC)c1. The molecule has 0 aliphatic carbocycles. The third kappa shape index (κ3) is 4.15. The van der Waals surface area contributed by atoms with Gasteiger partial charge >= 0.3 is 12.0 Å². The molecule has 0 saturated heterocycles. The van der Waals surface area contributed by atoms with Gasteiger partial charge < -0.3 is 20.5 Å². The fraction of sp³-hybridized carbons (Fsp3) is 0.429. The molecular weight excluding hydrogens is 260 g/mol. The summed E-state index contributed by atoms with van der Waals surface area (Å²) in [6, 6.07) is 4.21. The summed E-state index contributed by atoms with van der Waals surface area (Å²) in [5, 5.41) is 14.5. The first kappa shape index (κ1) is 15.8. The van der Waals surface area contributed by atoms with E-state index in [1.54, 1.807) is 0 Å². The van der Waals surface area contributed by atoms with Crippen molar-refractivity contribution in [3.05, 3.63) is 23.8 Å². The van der Waals surface area contributed by atoms with Crippen LogP contribution in [-0.2, 0) is 0 Å². The topological polar surface area (TPSA) is 87.7 Å². The van der Waals surface area contributed by atoms with Crippen molar-refractivity contribution in [2.45, 2.75) is 32.7 Å². The van der Waals surface area contributed by atoms with Crippen molar-refractivity contribution in [2.75, 3.05) is 12.4 Å². The zero-order valence-corrected chi connectivity index (χ0v) is 11.9. The normalized spacial score (nSPS) is 10.2. The zero-order valence-electron chi connectivity index (χ0n) is 11.9. The van der Waals surface area contributed by atoms with Crippen molar-refractivity contribution in [2.24, 2.45) is 0 Å². The Morgan fingerprint density at radius 1 is 1.30 bits per heavy atom. The van der Waals surface area contributed by atoms with E-state index in [2.05, 4.69) is 10.6 Å². The summed E-state index contributed by atoms with van der Waals surface area (Å²) in [4.78, 5) is 22.7. The molecule has 110 valence electrons. The lowest BCUT2D eigenvalue weighted by atomic mass is 10.1. The molecule has 0 saturated carbocycles. The Labute approximate surface area is 118 Å². The molecule has 6 heteroatoms. The number of aromatic carboxylic acids is 1. The molecule has 0 aliphatic rings. The number of ether oxygens (including phenoxy) is 1. The summed E-state index contributed by atoms with van der Waals surface area (Å²) in [5.41, 5.74) is 0.536. The van der Waals surface area contributed by atoms with Crippen LogP contribution in [-0.4, -0.2) is 30.3 Å². The van der Waals surface area contributed by atoms with Crippen molar-refractivity contribution in [1.82, 2.24) is 5.32 Å².